The molecule has 1 unspecified atom stereocenters. The van der Waals surface area contributed by atoms with Crippen LogP contribution >= 0.6 is 0 Å². The highest BCUT2D eigenvalue weighted by Gasteiger charge is 2.21. The maximum atomic E-state index is 11.1. The van der Waals surface area contributed by atoms with Crippen molar-refractivity contribution in [3.8, 4) is 0 Å². The van der Waals surface area contributed by atoms with Gasteiger partial charge < -0.3 is 15.3 Å². The molecule has 1 atom stereocenters. The fraction of sp³-hybridized carbons (Fsp3) is 0.700. The molecule has 0 radical (unpaired) electrons. The van der Waals surface area contributed by atoms with Crippen molar-refractivity contribution >= 4 is 5.91 Å². The summed E-state index contributed by atoms with van der Waals surface area (Å²) in [7, 11) is 3.75. The summed E-state index contributed by atoms with van der Waals surface area (Å²) in [5, 5.41) is 12.4. The number of rotatable bonds is 5. The van der Waals surface area contributed by atoms with Crippen molar-refractivity contribution in [2.45, 2.75) is 19.4 Å². The highest BCUT2D eigenvalue weighted by molar-refractivity contribution is 5.87. The van der Waals surface area contributed by atoms with Crippen LogP contribution in [0, 0.1) is 0 Å². The van der Waals surface area contributed by atoms with Crippen LogP contribution < -0.4 is 5.32 Å². The van der Waals surface area contributed by atoms with E-state index < -0.39 is 5.60 Å². The Morgan fingerprint density at radius 2 is 2.14 bits per heavy atom. The van der Waals surface area contributed by atoms with E-state index in [1.54, 1.807) is 19.9 Å². The Labute approximate surface area is 85.6 Å². The van der Waals surface area contributed by atoms with Crippen molar-refractivity contribution in [2.75, 3.05) is 27.2 Å². The van der Waals surface area contributed by atoms with E-state index in [1.807, 2.05) is 19.0 Å². The summed E-state index contributed by atoms with van der Waals surface area (Å²) in [5.41, 5.74) is -0.888. The molecule has 0 heterocycles. The molecule has 0 aliphatic rings. The largest absolute Gasteiger partial charge is 0.387 e. The SMILES string of the molecule is C/C=C/C(=O)NCC(C)(O)CN(C)C. The molecule has 4 nitrogen and oxygen atoms in total. The zero-order valence-electron chi connectivity index (χ0n) is 9.37. The van der Waals surface area contributed by atoms with E-state index in [9.17, 15) is 9.90 Å². The average Bonchev–Trinajstić information content (AvgIpc) is 1.99. The fourth-order valence-corrected chi connectivity index (χ4v) is 1.22. The van der Waals surface area contributed by atoms with Gasteiger partial charge in [0.1, 0.15) is 0 Å². The maximum absolute atomic E-state index is 11.1. The summed E-state index contributed by atoms with van der Waals surface area (Å²) in [6, 6.07) is 0. The van der Waals surface area contributed by atoms with Crippen LogP contribution in [0.3, 0.4) is 0 Å². The number of aliphatic hydroxyl groups is 1. The molecule has 0 saturated carbocycles. The standard InChI is InChI=1S/C10H20N2O2/c1-5-6-9(13)11-7-10(2,14)8-12(3)4/h5-6,14H,7-8H2,1-4H3,(H,11,13)/b6-5+. The number of nitrogens with zero attached hydrogens (tertiary/aromatic N) is 1. The van der Waals surface area contributed by atoms with E-state index in [0.717, 1.165) is 0 Å². The monoisotopic (exact) mass is 200 g/mol. The van der Waals surface area contributed by atoms with E-state index in [1.165, 1.54) is 6.08 Å². The van der Waals surface area contributed by atoms with Gasteiger partial charge in [-0.05, 0) is 34.0 Å². The molecule has 0 aromatic heterocycles. The first kappa shape index (κ1) is 13.1. The van der Waals surface area contributed by atoms with E-state index in [0.29, 0.717) is 6.54 Å². The molecule has 0 aromatic rings. The van der Waals surface area contributed by atoms with Gasteiger partial charge in [-0.15, -0.1) is 0 Å². The maximum Gasteiger partial charge on any atom is 0.243 e. The molecule has 0 rings (SSSR count). The number of amides is 1. The summed E-state index contributed by atoms with van der Waals surface area (Å²) in [6.45, 7) is 4.25. The van der Waals surface area contributed by atoms with Crippen molar-refractivity contribution in [2.24, 2.45) is 0 Å². The Morgan fingerprint density at radius 1 is 1.57 bits per heavy atom. The van der Waals surface area contributed by atoms with Gasteiger partial charge in [-0.2, -0.15) is 0 Å². The van der Waals surface area contributed by atoms with Gasteiger partial charge in [0.25, 0.3) is 0 Å². The normalized spacial score (nSPS) is 15.9. The van der Waals surface area contributed by atoms with Crippen molar-refractivity contribution < 1.29 is 9.90 Å². The quantitative estimate of drug-likeness (QED) is 0.614. The smallest absolute Gasteiger partial charge is 0.243 e. The Bertz CT molecular complexity index is 210. The first-order valence-corrected chi connectivity index (χ1v) is 4.65. The third kappa shape index (κ3) is 6.62. The molecule has 0 fully saturated rings. The molecule has 0 spiro atoms. The second-order valence-corrected chi connectivity index (χ2v) is 3.95. The van der Waals surface area contributed by atoms with Crippen LogP contribution in [-0.2, 0) is 4.79 Å². The Morgan fingerprint density at radius 3 is 2.57 bits per heavy atom. The molecule has 0 aliphatic carbocycles. The Kier molecular flexibility index (Phi) is 5.42. The highest BCUT2D eigenvalue weighted by atomic mass is 16.3. The van der Waals surface area contributed by atoms with Gasteiger partial charge in [0.2, 0.25) is 5.91 Å². The lowest BCUT2D eigenvalue weighted by atomic mass is 10.1. The zero-order valence-corrected chi connectivity index (χ0v) is 9.37. The van der Waals surface area contributed by atoms with Crippen LogP contribution in [-0.4, -0.2) is 48.7 Å². The van der Waals surface area contributed by atoms with Crippen molar-refractivity contribution in [3.63, 3.8) is 0 Å². The van der Waals surface area contributed by atoms with Crippen LogP contribution in [0.15, 0.2) is 12.2 Å². The van der Waals surface area contributed by atoms with Crippen LogP contribution in [0.4, 0.5) is 0 Å². The summed E-state index contributed by atoms with van der Waals surface area (Å²) in [6.07, 6.45) is 3.10. The lowest BCUT2D eigenvalue weighted by Crippen LogP contribution is -2.46. The molecular formula is C10H20N2O2. The number of likely N-dealkylation sites (N-methyl/N-ethyl adjacent to an activating group) is 1. The minimum Gasteiger partial charge on any atom is -0.387 e. The third-order valence-corrected chi connectivity index (χ3v) is 1.62. The molecule has 82 valence electrons. The number of carbonyl (C=O) groups excluding carboxylic acids is 1. The first-order valence-electron chi connectivity index (χ1n) is 4.65. The minimum atomic E-state index is -0.888. The molecule has 4 heteroatoms. The van der Waals surface area contributed by atoms with Crippen LogP contribution in [0.1, 0.15) is 13.8 Å². The predicted molar refractivity (Wildman–Crippen MR) is 57.0 cm³/mol. The zero-order chi connectivity index (χ0) is 11.2. The molecule has 14 heavy (non-hydrogen) atoms. The van der Waals surface area contributed by atoms with Gasteiger partial charge in [-0.25, -0.2) is 0 Å². The Balaban J connectivity index is 3.92. The summed E-state index contributed by atoms with van der Waals surface area (Å²) in [4.78, 5) is 12.9. The van der Waals surface area contributed by atoms with E-state index >= 15 is 0 Å². The van der Waals surface area contributed by atoms with Crippen molar-refractivity contribution in [3.05, 3.63) is 12.2 Å². The van der Waals surface area contributed by atoms with Gasteiger partial charge in [0, 0.05) is 13.1 Å². The minimum absolute atomic E-state index is 0.175. The van der Waals surface area contributed by atoms with Crippen LogP contribution in [0.5, 0.6) is 0 Å². The molecule has 0 aromatic carbocycles. The molecule has 2 N–H and O–H groups in total. The van der Waals surface area contributed by atoms with Crippen molar-refractivity contribution in [1.82, 2.24) is 10.2 Å². The Hall–Kier alpha value is -0.870. The second kappa shape index (κ2) is 5.78. The first-order chi connectivity index (χ1) is 6.37. The number of hydrogen-bond acceptors (Lipinski definition) is 3. The number of nitrogens with one attached hydrogen (secondary N) is 1. The van der Waals surface area contributed by atoms with Gasteiger partial charge in [0.15, 0.2) is 0 Å². The lowest BCUT2D eigenvalue weighted by molar-refractivity contribution is -0.117. The fourth-order valence-electron chi connectivity index (χ4n) is 1.22. The van der Waals surface area contributed by atoms with Gasteiger partial charge >= 0.3 is 0 Å². The third-order valence-electron chi connectivity index (χ3n) is 1.62. The van der Waals surface area contributed by atoms with Crippen LogP contribution in [0.25, 0.3) is 0 Å². The summed E-state index contributed by atoms with van der Waals surface area (Å²) < 4.78 is 0. The second-order valence-electron chi connectivity index (χ2n) is 3.95. The van der Waals surface area contributed by atoms with E-state index in [-0.39, 0.29) is 12.5 Å². The number of allylic oxidation sites excluding steroid dienone is 1. The van der Waals surface area contributed by atoms with Gasteiger partial charge in [-0.1, -0.05) is 6.08 Å². The topological polar surface area (TPSA) is 52.6 Å². The summed E-state index contributed by atoms with van der Waals surface area (Å²) >= 11 is 0. The van der Waals surface area contributed by atoms with Gasteiger partial charge in [0.05, 0.1) is 5.60 Å². The predicted octanol–water partition coefficient (Wildman–Crippen LogP) is -0.00870. The molecule has 1 amide bonds. The molecular weight excluding hydrogens is 180 g/mol. The average molecular weight is 200 g/mol. The van der Waals surface area contributed by atoms with Crippen molar-refractivity contribution in [1.29, 1.82) is 0 Å². The number of hydrogen-bond donors (Lipinski definition) is 2. The van der Waals surface area contributed by atoms with E-state index in [4.69, 9.17) is 0 Å². The molecule has 0 saturated heterocycles. The van der Waals surface area contributed by atoms with Crippen LogP contribution in [0.2, 0.25) is 0 Å². The molecule has 0 bridgehead atoms. The molecule has 0 aliphatic heterocycles. The lowest BCUT2D eigenvalue weighted by Gasteiger charge is -2.26. The van der Waals surface area contributed by atoms with Gasteiger partial charge in [-0.3, -0.25) is 4.79 Å². The summed E-state index contributed by atoms with van der Waals surface area (Å²) in [5.74, 6) is -0.175. The number of carbonyl (C=O) groups is 1. The van der Waals surface area contributed by atoms with E-state index in [2.05, 4.69) is 5.32 Å². The highest BCUT2D eigenvalue weighted by Crippen LogP contribution is 2.02.